The molecule has 1 nitrogen and oxygen atoms in total. The van der Waals surface area contributed by atoms with Crippen molar-refractivity contribution in [1.82, 2.24) is 0 Å². The molecule has 0 aliphatic carbocycles. The van der Waals surface area contributed by atoms with Crippen molar-refractivity contribution >= 4 is 24.7 Å². The number of fused-ring (bicyclic) bond motifs is 1. The van der Waals surface area contributed by atoms with Crippen LogP contribution in [0.15, 0.2) is 36.4 Å². The van der Waals surface area contributed by atoms with Gasteiger partial charge in [0, 0.05) is 0 Å². The molecule has 0 radical (unpaired) electrons. The van der Waals surface area contributed by atoms with E-state index in [2.05, 4.69) is 42.0 Å². The molecule has 17 heavy (non-hydrogen) atoms. The van der Waals surface area contributed by atoms with Crippen molar-refractivity contribution in [2.24, 2.45) is 0 Å². The number of aryl methyl sites for hydroxylation is 1. The van der Waals surface area contributed by atoms with Gasteiger partial charge in [-0.3, -0.25) is 0 Å². The molecule has 0 saturated carbocycles. The van der Waals surface area contributed by atoms with Gasteiger partial charge in [-0.25, -0.2) is 0 Å². The Labute approximate surface area is 108 Å². The molecular weight excluding hydrogens is 275 g/mol. The molecule has 2 heteroatoms. The standard InChI is InChI=1S/C15H19OSe/c1-16-14-8-7-12-5-4-6-13(15(12)11-14)9-10-17(2)3/h4-8,11H,9-10H2,1-3H3/q+1. The van der Waals surface area contributed by atoms with Crippen molar-refractivity contribution < 1.29 is 4.74 Å². The van der Waals surface area contributed by atoms with Gasteiger partial charge in [0.2, 0.25) is 0 Å². The number of hydrogen-bond acceptors (Lipinski definition) is 1. The fourth-order valence-electron chi connectivity index (χ4n) is 1.98. The molecule has 2 rings (SSSR count). The van der Waals surface area contributed by atoms with Crippen LogP contribution < -0.4 is 4.74 Å². The normalized spacial score (nSPS) is 11.1. The van der Waals surface area contributed by atoms with Gasteiger partial charge in [-0.15, -0.1) is 0 Å². The van der Waals surface area contributed by atoms with Crippen LogP contribution in [0.4, 0.5) is 0 Å². The average Bonchev–Trinajstić information content (AvgIpc) is 2.35. The van der Waals surface area contributed by atoms with Gasteiger partial charge < -0.3 is 0 Å². The third-order valence-electron chi connectivity index (χ3n) is 2.96. The Morgan fingerprint density at radius 2 is 1.94 bits per heavy atom. The average molecular weight is 294 g/mol. The van der Waals surface area contributed by atoms with Crippen molar-refractivity contribution in [2.45, 2.75) is 23.4 Å². The van der Waals surface area contributed by atoms with Crippen molar-refractivity contribution in [3.63, 3.8) is 0 Å². The molecular formula is C15H19OSe+. The molecule has 0 atom stereocenters. The van der Waals surface area contributed by atoms with Crippen LogP contribution in [0.25, 0.3) is 10.8 Å². The van der Waals surface area contributed by atoms with E-state index in [1.165, 1.54) is 28.1 Å². The van der Waals surface area contributed by atoms with E-state index in [1.54, 1.807) is 7.11 Å². The summed E-state index contributed by atoms with van der Waals surface area (Å²) in [5.74, 6) is 5.74. The van der Waals surface area contributed by atoms with Gasteiger partial charge in [0.25, 0.3) is 0 Å². The maximum absolute atomic E-state index is 5.31. The monoisotopic (exact) mass is 295 g/mol. The van der Waals surface area contributed by atoms with E-state index < -0.39 is 0 Å². The summed E-state index contributed by atoms with van der Waals surface area (Å²) >= 11 is -0.350. The number of hydrogen-bond donors (Lipinski definition) is 0. The first-order chi connectivity index (χ1) is 8.20. The topological polar surface area (TPSA) is 9.23 Å². The van der Waals surface area contributed by atoms with Crippen LogP contribution in [0.3, 0.4) is 0 Å². The van der Waals surface area contributed by atoms with E-state index >= 15 is 0 Å². The minimum atomic E-state index is -0.350. The first kappa shape index (κ1) is 12.5. The third kappa shape index (κ3) is 3.02. The van der Waals surface area contributed by atoms with Crippen LogP contribution in [-0.2, 0) is 6.42 Å². The zero-order chi connectivity index (χ0) is 12.3. The number of ether oxygens (including phenoxy) is 1. The Morgan fingerprint density at radius 3 is 2.65 bits per heavy atom. The van der Waals surface area contributed by atoms with E-state index in [0.717, 1.165) is 5.75 Å². The van der Waals surface area contributed by atoms with Gasteiger partial charge in [0.1, 0.15) is 0 Å². The van der Waals surface area contributed by atoms with Crippen LogP contribution >= 0.6 is 0 Å². The van der Waals surface area contributed by atoms with Crippen molar-refractivity contribution in [2.75, 3.05) is 7.11 Å². The molecule has 0 aliphatic rings. The Balaban J connectivity index is 2.39. The summed E-state index contributed by atoms with van der Waals surface area (Å²) in [5.41, 5.74) is 1.46. The van der Waals surface area contributed by atoms with Gasteiger partial charge in [0.05, 0.1) is 0 Å². The summed E-state index contributed by atoms with van der Waals surface area (Å²) in [7, 11) is 1.73. The minimum absolute atomic E-state index is 0.350. The fraction of sp³-hybridized carbons (Fsp3) is 0.333. The number of methoxy groups -OCH3 is 1. The molecule has 0 aliphatic heterocycles. The molecule has 0 N–H and O–H groups in total. The van der Waals surface area contributed by atoms with Crippen molar-refractivity contribution in [3.8, 4) is 5.75 Å². The molecule has 0 amide bonds. The Bertz CT molecular complexity index is 505. The van der Waals surface area contributed by atoms with E-state index in [9.17, 15) is 0 Å². The van der Waals surface area contributed by atoms with E-state index in [-0.39, 0.29) is 13.9 Å². The Kier molecular flexibility index (Phi) is 4.09. The molecule has 0 heterocycles. The summed E-state index contributed by atoms with van der Waals surface area (Å²) < 4.78 is 5.31. The summed E-state index contributed by atoms with van der Waals surface area (Å²) in [4.78, 5) is 0. The Hall–Kier alpha value is -0.981. The molecule has 90 valence electrons. The molecule has 2 aromatic rings. The quantitative estimate of drug-likeness (QED) is 0.770. The maximum atomic E-state index is 5.31. The molecule has 0 aromatic heterocycles. The SMILES string of the molecule is COc1ccc2cccc(CC[Se+](C)C)c2c1. The number of rotatable bonds is 4. The predicted octanol–water partition coefficient (Wildman–Crippen LogP) is 4.15. The second-order valence-corrected chi connectivity index (χ2v) is 9.44. The number of benzene rings is 2. The second kappa shape index (κ2) is 5.57. The van der Waals surface area contributed by atoms with E-state index in [1.807, 2.05) is 6.07 Å². The van der Waals surface area contributed by atoms with Gasteiger partial charge in [-0.05, 0) is 0 Å². The van der Waals surface area contributed by atoms with Gasteiger partial charge in [0.15, 0.2) is 0 Å². The van der Waals surface area contributed by atoms with Crippen molar-refractivity contribution in [1.29, 1.82) is 0 Å². The van der Waals surface area contributed by atoms with Gasteiger partial charge in [-0.1, -0.05) is 0 Å². The fourth-order valence-corrected chi connectivity index (χ4v) is 3.29. The van der Waals surface area contributed by atoms with E-state index in [0.29, 0.717) is 0 Å². The van der Waals surface area contributed by atoms with Crippen LogP contribution in [-0.4, -0.2) is 21.0 Å². The predicted molar refractivity (Wildman–Crippen MR) is 76.5 cm³/mol. The van der Waals surface area contributed by atoms with Crippen LogP contribution in [0.1, 0.15) is 5.56 Å². The molecule has 2 aromatic carbocycles. The Morgan fingerprint density at radius 1 is 1.12 bits per heavy atom. The summed E-state index contributed by atoms with van der Waals surface area (Å²) in [5, 5.41) is 4.02. The molecule has 0 fully saturated rings. The molecule has 0 saturated heterocycles. The third-order valence-corrected chi connectivity index (χ3v) is 5.10. The zero-order valence-electron chi connectivity index (χ0n) is 10.7. The van der Waals surface area contributed by atoms with E-state index in [4.69, 9.17) is 4.74 Å². The van der Waals surface area contributed by atoms with Crippen LogP contribution in [0, 0.1) is 0 Å². The van der Waals surface area contributed by atoms with Gasteiger partial charge in [-0.2, -0.15) is 0 Å². The first-order valence-corrected chi connectivity index (χ1v) is 10.4. The summed E-state index contributed by atoms with van der Waals surface area (Å²) in [6.07, 6.45) is 1.20. The zero-order valence-corrected chi connectivity index (χ0v) is 12.4. The summed E-state index contributed by atoms with van der Waals surface area (Å²) in [6.45, 7) is 0. The summed E-state index contributed by atoms with van der Waals surface area (Å²) in [6, 6.07) is 12.9. The molecule has 0 bridgehead atoms. The first-order valence-electron chi connectivity index (χ1n) is 5.80. The van der Waals surface area contributed by atoms with Crippen molar-refractivity contribution in [3.05, 3.63) is 42.0 Å². The molecule has 0 spiro atoms. The second-order valence-electron chi connectivity index (χ2n) is 4.44. The molecule has 0 unspecified atom stereocenters. The van der Waals surface area contributed by atoms with Crippen LogP contribution in [0.5, 0.6) is 5.75 Å². The van der Waals surface area contributed by atoms with Gasteiger partial charge >= 0.3 is 108 Å². The van der Waals surface area contributed by atoms with Crippen LogP contribution in [0.2, 0.25) is 17.0 Å².